The zero-order chi connectivity index (χ0) is 23.1. The summed E-state index contributed by atoms with van der Waals surface area (Å²) in [4.78, 5) is 36.6. The lowest BCUT2D eigenvalue weighted by Crippen LogP contribution is -2.48. The zero-order valence-corrected chi connectivity index (χ0v) is 18.8. The molecule has 8 nitrogen and oxygen atoms in total. The summed E-state index contributed by atoms with van der Waals surface area (Å²) in [6.45, 7) is 4.51. The lowest BCUT2D eigenvalue weighted by molar-refractivity contribution is -0.117. The molecule has 2 aromatic carbocycles. The Balaban J connectivity index is 1.48. The van der Waals surface area contributed by atoms with Gasteiger partial charge in [0.25, 0.3) is 11.8 Å². The summed E-state index contributed by atoms with van der Waals surface area (Å²) in [7, 11) is 0. The summed E-state index contributed by atoms with van der Waals surface area (Å²) < 4.78 is 5.69. The van der Waals surface area contributed by atoms with E-state index in [1.807, 2.05) is 13.8 Å². The topological polar surface area (TPSA) is 109 Å². The van der Waals surface area contributed by atoms with Crippen molar-refractivity contribution in [2.45, 2.75) is 26.7 Å². The van der Waals surface area contributed by atoms with Crippen molar-refractivity contribution in [3.63, 3.8) is 0 Å². The van der Waals surface area contributed by atoms with Crippen LogP contribution in [0.4, 0.5) is 5.69 Å². The van der Waals surface area contributed by atoms with Crippen molar-refractivity contribution in [2.75, 3.05) is 11.9 Å². The van der Waals surface area contributed by atoms with Crippen LogP contribution in [0, 0.1) is 11.8 Å². The smallest absolute Gasteiger partial charge is 0.269 e. The van der Waals surface area contributed by atoms with Crippen LogP contribution in [-0.4, -0.2) is 29.4 Å². The van der Waals surface area contributed by atoms with E-state index in [1.54, 1.807) is 48.5 Å². The molecule has 3 amide bonds. The van der Waals surface area contributed by atoms with Crippen molar-refractivity contribution in [3.8, 4) is 5.75 Å². The Labute approximate surface area is 192 Å². The molecule has 0 aromatic heterocycles. The minimum atomic E-state index is -0.452. The fourth-order valence-electron chi connectivity index (χ4n) is 2.72. The molecule has 0 bridgehead atoms. The van der Waals surface area contributed by atoms with Crippen LogP contribution in [0.5, 0.6) is 5.75 Å². The third-order valence-corrected chi connectivity index (χ3v) is 4.79. The molecule has 3 rings (SSSR count). The zero-order valence-electron chi connectivity index (χ0n) is 17.9. The van der Waals surface area contributed by atoms with Gasteiger partial charge in [-0.3, -0.25) is 30.6 Å². The van der Waals surface area contributed by atoms with Crippen molar-refractivity contribution in [1.82, 2.24) is 16.2 Å². The predicted molar refractivity (Wildman–Crippen MR) is 125 cm³/mol. The number of amides is 3. The van der Waals surface area contributed by atoms with Gasteiger partial charge >= 0.3 is 0 Å². The molecule has 0 unspecified atom stereocenters. The summed E-state index contributed by atoms with van der Waals surface area (Å²) >= 11 is 5.10. The Morgan fingerprint density at radius 3 is 2.34 bits per heavy atom. The number of nitrogens with one attached hydrogen (secondary N) is 4. The largest absolute Gasteiger partial charge is 0.492 e. The Hall–Kier alpha value is -3.46. The second kappa shape index (κ2) is 10.7. The highest BCUT2D eigenvalue weighted by atomic mass is 32.1. The lowest BCUT2D eigenvalue weighted by atomic mass is 10.2. The molecule has 0 atom stereocenters. The predicted octanol–water partition coefficient (Wildman–Crippen LogP) is 3.02. The van der Waals surface area contributed by atoms with Gasteiger partial charge in [-0.1, -0.05) is 26.0 Å². The molecular weight excluding hydrogens is 428 g/mol. The number of rotatable bonds is 7. The van der Waals surface area contributed by atoms with Crippen molar-refractivity contribution in [1.29, 1.82) is 0 Å². The summed E-state index contributed by atoms with van der Waals surface area (Å²) in [6, 6.07) is 13.3. The van der Waals surface area contributed by atoms with Gasteiger partial charge in [-0.25, -0.2) is 0 Å². The van der Waals surface area contributed by atoms with Crippen LogP contribution in [0.2, 0.25) is 0 Å². The first-order valence-electron chi connectivity index (χ1n) is 10.4. The third-order valence-electron chi connectivity index (χ3n) is 4.58. The summed E-state index contributed by atoms with van der Waals surface area (Å²) in [5.74, 6) is -0.0190. The standard InChI is InChI=1S/C23H26N4O4S/c1-14(2)13-31-19-6-4-3-5-18(19)22(30)25-23(32)27-26-21(29)16-9-11-17(12-10-16)24-20(28)15-7-8-15/h3-6,9-12,14-15H,7-8,13H2,1-2H3,(H,24,28)(H,26,29)(H2,25,27,30,32). The molecule has 0 radical (unpaired) electrons. The first-order chi connectivity index (χ1) is 15.3. The van der Waals surface area contributed by atoms with Crippen molar-refractivity contribution >= 4 is 40.7 Å². The van der Waals surface area contributed by atoms with Gasteiger partial charge in [0.2, 0.25) is 5.91 Å². The number of carbonyl (C=O) groups excluding carboxylic acids is 3. The summed E-state index contributed by atoms with van der Waals surface area (Å²) in [5, 5.41) is 5.27. The first kappa shape index (κ1) is 23.2. The van der Waals surface area contributed by atoms with Gasteiger partial charge in [-0.2, -0.15) is 0 Å². The van der Waals surface area contributed by atoms with Gasteiger partial charge < -0.3 is 10.1 Å². The highest BCUT2D eigenvalue weighted by molar-refractivity contribution is 7.80. The van der Waals surface area contributed by atoms with Gasteiger partial charge in [-0.05, 0) is 67.4 Å². The Kier molecular flexibility index (Phi) is 7.77. The number of hydrogen-bond donors (Lipinski definition) is 4. The van der Waals surface area contributed by atoms with Crippen LogP contribution in [-0.2, 0) is 4.79 Å². The molecule has 0 spiro atoms. The Morgan fingerprint density at radius 1 is 1.00 bits per heavy atom. The van der Waals surface area contributed by atoms with E-state index < -0.39 is 11.8 Å². The SMILES string of the molecule is CC(C)COc1ccccc1C(=O)NC(=S)NNC(=O)c1ccc(NC(=O)C2CC2)cc1. The van der Waals surface area contributed by atoms with E-state index in [0.717, 1.165) is 12.8 Å². The van der Waals surface area contributed by atoms with E-state index in [9.17, 15) is 14.4 Å². The maximum absolute atomic E-state index is 12.5. The second-order valence-corrected chi connectivity index (χ2v) is 8.31. The van der Waals surface area contributed by atoms with Crippen LogP contribution >= 0.6 is 12.2 Å². The normalized spacial score (nSPS) is 12.6. The van der Waals surface area contributed by atoms with E-state index in [1.165, 1.54) is 0 Å². The number of thiocarbonyl (C=S) groups is 1. The number of benzene rings is 2. The quantitative estimate of drug-likeness (QED) is 0.378. The number of anilines is 1. The van der Waals surface area contributed by atoms with Crippen LogP contribution in [0.3, 0.4) is 0 Å². The monoisotopic (exact) mass is 454 g/mol. The average molecular weight is 455 g/mol. The second-order valence-electron chi connectivity index (χ2n) is 7.90. The summed E-state index contributed by atoms with van der Waals surface area (Å²) in [6.07, 6.45) is 1.84. The van der Waals surface area contributed by atoms with Crippen LogP contribution in [0.1, 0.15) is 47.4 Å². The molecule has 32 heavy (non-hydrogen) atoms. The number of hydrogen-bond acceptors (Lipinski definition) is 5. The molecule has 1 aliphatic rings. The van der Waals surface area contributed by atoms with Crippen molar-refractivity contribution in [3.05, 3.63) is 59.7 Å². The lowest BCUT2D eigenvalue weighted by Gasteiger charge is -2.14. The highest BCUT2D eigenvalue weighted by Crippen LogP contribution is 2.30. The molecule has 9 heteroatoms. The number of carbonyl (C=O) groups is 3. The van der Waals surface area contributed by atoms with Gasteiger partial charge in [0.1, 0.15) is 5.75 Å². The highest BCUT2D eigenvalue weighted by Gasteiger charge is 2.29. The average Bonchev–Trinajstić information content (AvgIpc) is 3.62. The third kappa shape index (κ3) is 6.78. The minimum Gasteiger partial charge on any atom is -0.492 e. The Morgan fingerprint density at radius 2 is 1.69 bits per heavy atom. The molecule has 0 heterocycles. The maximum atomic E-state index is 12.5. The van der Waals surface area contributed by atoms with Crippen LogP contribution < -0.4 is 26.2 Å². The molecule has 0 aliphatic heterocycles. The van der Waals surface area contributed by atoms with Gasteiger partial charge in [0.15, 0.2) is 5.11 Å². The number of ether oxygens (including phenoxy) is 1. The van der Waals surface area contributed by atoms with E-state index in [0.29, 0.717) is 35.1 Å². The fourth-order valence-corrected chi connectivity index (χ4v) is 2.86. The molecule has 1 saturated carbocycles. The Bertz CT molecular complexity index is 1000. The van der Waals surface area contributed by atoms with Crippen LogP contribution in [0.25, 0.3) is 0 Å². The van der Waals surface area contributed by atoms with Crippen LogP contribution in [0.15, 0.2) is 48.5 Å². The van der Waals surface area contributed by atoms with Crippen molar-refractivity contribution in [2.24, 2.45) is 11.8 Å². The molecule has 4 N–H and O–H groups in total. The summed E-state index contributed by atoms with van der Waals surface area (Å²) in [5.41, 5.74) is 6.28. The maximum Gasteiger partial charge on any atom is 0.269 e. The molecule has 2 aromatic rings. The van der Waals surface area contributed by atoms with Gasteiger partial charge in [-0.15, -0.1) is 0 Å². The molecule has 0 saturated heterocycles. The fraction of sp³-hybridized carbons (Fsp3) is 0.304. The molecule has 168 valence electrons. The molecule has 1 fully saturated rings. The van der Waals surface area contributed by atoms with Crippen molar-refractivity contribution < 1.29 is 19.1 Å². The first-order valence-corrected chi connectivity index (χ1v) is 10.8. The van der Waals surface area contributed by atoms with Gasteiger partial charge in [0, 0.05) is 17.2 Å². The molecular formula is C23H26N4O4S. The minimum absolute atomic E-state index is 0.00105. The van der Waals surface area contributed by atoms with E-state index >= 15 is 0 Å². The van der Waals surface area contributed by atoms with E-state index in [4.69, 9.17) is 17.0 Å². The molecule has 1 aliphatic carbocycles. The van der Waals surface area contributed by atoms with E-state index in [2.05, 4.69) is 21.5 Å². The van der Waals surface area contributed by atoms with E-state index in [-0.39, 0.29) is 16.9 Å². The number of hydrazine groups is 1. The van der Waals surface area contributed by atoms with Gasteiger partial charge in [0.05, 0.1) is 12.2 Å². The number of para-hydroxylation sites is 1.